The fourth-order valence-electron chi connectivity index (χ4n) is 3.89. The fourth-order valence-corrected chi connectivity index (χ4v) is 3.89. The molecule has 0 aromatic carbocycles. The molecule has 0 aliphatic heterocycles. The van der Waals surface area contributed by atoms with Crippen LogP contribution in [0.3, 0.4) is 0 Å². The summed E-state index contributed by atoms with van der Waals surface area (Å²) in [5, 5.41) is 15.4. The predicted octanol–water partition coefficient (Wildman–Crippen LogP) is 3.69. The summed E-state index contributed by atoms with van der Waals surface area (Å²) in [6.07, 6.45) is 8.06. The number of pyridine rings is 1. The summed E-state index contributed by atoms with van der Waals surface area (Å²) >= 11 is 0. The fraction of sp³-hybridized carbons (Fsp3) is 0.476. The molecule has 29 heavy (non-hydrogen) atoms. The van der Waals surface area contributed by atoms with Crippen molar-refractivity contribution in [3.05, 3.63) is 47.4 Å². The van der Waals surface area contributed by atoms with E-state index in [-0.39, 0.29) is 11.8 Å². The molecular weight excluding hydrogens is 370 g/mol. The maximum Gasteiger partial charge on any atom is 0.256 e. The van der Waals surface area contributed by atoms with E-state index in [4.69, 9.17) is 8.94 Å². The van der Waals surface area contributed by atoms with Gasteiger partial charge >= 0.3 is 0 Å². The molecule has 1 N–H and O–H groups in total. The van der Waals surface area contributed by atoms with Crippen molar-refractivity contribution in [2.24, 2.45) is 5.92 Å². The van der Waals surface area contributed by atoms with Gasteiger partial charge in [0.15, 0.2) is 0 Å². The molecule has 1 aliphatic carbocycles. The maximum absolute atomic E-state index is 12.5. The number of nitrogens with one attached hydrogen (secondary N) is 1. The number of nitrogens with zero attached hydrogens (tertiary/aromatic N) is 4. The van der Waals surface area contributed by atoms with E-state index >= 15 is 0 Å². The molecule has 1 fully saturated rings. The summed E-state index contributed by atoms with van der Waals surface area (Å²) in [6.45, 7) is 4.41. The third-order valence-corrected chi connectivity index (χ3v) is 5.58. The molecule has 0 bridgehead atoms. The van der Waals surface area contributed by atoms with Gasteiger partial charge in [0.05, 0.1) is 11.3 Å². The van der Waals surface area contributed by atoms with Crippen LogP contribution in [0.4, 0.5) is 0 Å². The van der Waals surface area contributed by atoms with Crippen LogP contribution in [0.15, 0.2) is 33.5 Å². The van der Waals surface area contributed by atoms with E-state index in [1.807, 2.05) is 19.1 Å². The summed E-state index contributed by atoms with van der Waals surface area (Å²) in [7, 11) is 0. The average molecular weight is 395 g/mol. The molecule has 8 nitrogen and oxygen atoms in total. The first-order valence-electron chi connectivity index (χ1n) is 10.1. The van der Waals surface area contributed by atoms with Crippen LogP contribution >= 0.6 is 0 Å². The van der Waals surface area contributed by atoms with Gasteiger partial charge in [-0.15, -0.1) is 10.2 Å². The van der Waals surface area contributed by atoms with E-state index in [1.165, 1.54) is 0 Å². The lowest BCUT2D eigenvalue weighted by Gasteiger charge is -2.26. The third-order valence-electron chi connectivity index (χ3n) is 5.58. The minimum absolute atomic E-state index is 0.0965. The van der Waals surface area contributed by atoms with Crippen LogP contribution < -0.4 is 5.32 Å². The monoisotopic (exact) mass is 395 g/mol. The second-order valence-corrected chi connectivity index (χ2v) is 7.53. The minimum atomic E-state index is -0.0965. The van der Waals surface area contributed by atoms with Gasteiger partial charge in [-0.3, -0.25) is 9.78 Å². The van der Waals surface area contributed by atoms with Crippen molar-refractivity contribution in [3.63, 3.8) is 0 Å². The zero-order valence-electron chi connectivity index (χ0n) is 16.7. The Morgan fingerprint density at radius 3 is 2.79 bits per heavy atom. The number of carbonyl (C=O) groups excluding carboxylic acids is 1. The average Bonchev–Trinajstić information content (AvgIpc) is 3.40. The summed E-state index contributed by atoms with van der Waals surface area (Å²) < 4.78 is 11.1. The Labute approximate surface area is 169 Å². The van der Waals surface area contributed by atoms with Crippen molar-refractivity contribution in [1.29, 1.82) is 0 Å². The summed E-state index contributed by atoms with van der Waals surface area (Å²) in [5.41, 5.74) is 2.05. The topological polar surface area (TPSA) is 107 Å². The normalized spacial score (nSPS) is 19.2. The number of amides is 1. The van der Waals surface area contributed by atoms with Crippen molar-refractivity contribution in [3.8, 4) is 11.5 Å². The molecule has 1 amide bonds. The maximum atomic E-state index is 12.5. The Hall–Kier alpha value is -3.03. The van der Waals surface area contributed by atoms with Crippen LogP contribution in [-0.2, 0) is 6.42 Å². The van der Waals surface area contributed by atoms with Gasteiger partial charge in [-0.05, 0) is 50.7 Å². The van der Waals surface area contributed by atoms with Crippen molar-refractivity contribution in [2.75, 3.05) is 6.54 Å². The summed E-state index contributed by atoms with van der Waals surface area (Å²) in [4.78, 5) is 16.6. The molecule has 4 rings (SSSR count). The SMILES string of the molecule is CCc1onc(C)c1C(=O)NCC1CCC(c2nnc(-c3cccnc3)o2)CC1. The zero-order valence-corrected chi connectivity index (χ0v) is 16.7. The highest BCUT2D eigenvalue weighted by atomic mass is 16.5. The van der Waals surface area contributed by atoms with Gasteiger partial charge in [0, 0.05) is 31.3 Å². The second-order valence-electron chi connectivity index (χ2n) is 7.53. The van der Waals surface area contributed by atoms with Crippen LogP contribution in [0, 0.1) is 12.8 Å². The van der Waals surface area contributed by atoms with Gasteiger partial charge in [-0.1, -0.05) is 12.1 Å². The first kappa shape index (κ1) is 19.3. The highest BCUT2D eigenvalue weighted by Crippen LogP contribution is 2.35. The molecule has 1 saturated carbocycles. The quantitative estimate of drug-likeness (QED) is 0.678. The first-order valence-corrected chi connectivity index (χ1v) is 10.1. The molecule has 0 saturated heterocycles. The van der Waals surface area contributed by atoms with Crippen molar-refractivity contribution >= 4 is 5.91 Å². The van der Waals surface area contributed by atoms with E-state index in [0.717, 1.165) is 31.2 Å². The van der Waals surface area contributed by atoms with Crippen molar-refractivity contribution < 1.29 is 13.7 Å². The molecule has 3 aromatic heterocycles. The van der Waals surface area contributed by atoms with Gasteiger partial charge in [-0.2, -0.15) is 0 Å². The van der Waals surface area contributed by atoms with Gasteiger partial charge < -0.3 is 14.3 Å². The molecule has 1 aliphatic rings. The van der Waals surface area contributed by atoms with Gasteiger partial charge in [-0.25, -0.2) is 0 Å². The lowest BCUT2D eigenvalue weighted by atomic mass is 9.82. The molecule has 3 heterocycles. The van der Waals surface area contributed by atoms with Crippen molar-refractivity contribution in [2.45, 2.75) is 51.9 Å². The van der Waals surface area contributed by atoms with Crippen LogP contribution in [0.5, 0.6) is 0 Å². The standard InChI is InChI=1S/C21H25N5O3/c1-3-17-18(13(2)26-29-17)19(27)23-11-14-6-8-15(9-7-14)20-24-25-21(28-20)16-5-4-10-22-12-16/h4-5,10,12,14-15H,3,6-9,11H2,1-2H3,(H,23,27). The number of hydrogen-bond donors (Lipinski definition) is 1. The summed E-state index contributed by atoms with van der Waals surface area (Å²) in [5.74, 6) is 2.47. The molecular formula is C21H25N5O3. The molecule has 0 unspecified atom stereocenters. The van der Waals surface area contributed by atoms with Gasteiger partial charge in [0.1, 0.15) is 11.3 Å². The highest BCUT2D eigenvalue weighted by molar-refractivity contribution is 5.96. The van der Waals surface area contributed by atoms with Gasteiger partial charge in [0.25, 0.3) is 5.91 Å². The van der Waals surface area contributed by atoms with Crippen LogP contribution in [0.25, 0.3) is 11.5 Å². The van der Waals surface area contributed by atoms with E-state index in [0.29, 0.717) is 47.7 Å². The Balaban J connectivity index is 1.29. The molecule has 152 valence electrons. The lowest BCUT2D eigenvalue weighted by Crippen LogP contribution is -2.31. The van der Waals surface area contributed by atoms with E-state index in [2.05, 4.69) is 25.7 Å². The first-order chi connectivity index (χ1) is 14.2. The number of aromatic nitrogens is 4. The molecule has 0 spiro atoms. The number of hydrogen-bond acceptors (Lipinski definition) is 7. The smallest absolute Gasteiger partial charge is 0.256 e. The van der Waals surface area contributed by atoms with Crippen LogP contribution in [-0.4, -0.2) is 32.8 Å². The number of carbonyl (C=O) groups is 1. The van der Waals surface area contributed by atoms with E-state index in [1.54, 1.807) is 19.3 Å². The Morgan fingerprint density at radius 1 is 1.24 bits per heavy atom. The Bertz CT molecular complexity index is 958. The van der Waals surface area contributed by atoms with E-state index in [9.17, 15) is 4.79 Å². The molecule has 3 aromatic rings. The second kappa shape index (κ2) is 8.55. The molecule has 8 heteroatoms. The Morgan fingerprint density at radius 2 is 2.07 bits per heavy atom. The lowest BCUT2D eigenvalue weighted by molar-refractivity contribution is 0.0940. The van der Waals surface area contributed by atoms with Gasteiger partial charge in [0.2, 0.25) is 11.8 Å². The largest absolute Gasteiger partial charge is 0.420 e. The zero-order chi connectivity index (χ0) is 20.2. The summed E-state index contributed by atoms with van der Waals surface area (Å²) in [6, 6.07) is 3.76. The third kappa shape index (κ3) is 4.21. The van der Waals surface area contributed by atoms with Crippen LogP contribution in [0.1, 0.15) is 66.2 Å². The Kier molecular flexibility index (Phi) is 5.69. The van der Waals surface area contributed by atoms with Crippen molar-refractivity contribution in [1.82, 2.24) is 25.7 Å². The van der Waals surface area contributed by atoms with Crippen LogP contribution in [0.2, 0.25) is 0 Å². The molecule has 0 atom stereocenters. The predicted molar refractivity (Wildman–Crippen MR) is 105 cm³/mol. The molecule has 0 radical (unpaired) electrons. The minimum Gasteiger partial charge on any atom is -0.420 e. The highest BCUT2D eigenvalue weighted by Gasteiger charge is 2.27. The van der Waals surface area contributed by atoms with E-state index < -0.39 is 0 Å². The number of aryl methyl sites for hydroxylation is 2. The number of rotatable bonds is 6.